The minimum atomic E-state index is -0.215. The van der Waals surface area contributed by atoms with Gasteiger partial charge in [-0.1, -0.05) is 13.3 Å². The van der Waals surface area contributed by atoms with E-state index in [4.69, 9.17) is 11.6 Å². The normalized spacial score (nSPS) is 12.4. The molecule has 1 aromatic rings. The molecule has 0 aliphatic rings. The number of aromatic nitrogens is 2. The molecule has 1 aromatic heterocycles. The van der Waals surface area contributed by atoms with Crippen molar-refractivity contribution in [3.8, 4) is 0 Å². The van der Waals surface area contributed by atoms with Crippen LogP contribution in [0.2, 0.25) is 0 Å². The van der Waals surface area contributed by atoms with Crippen LogP contribution in [0.1, 0.15) is 19.8 Å². The van der Waals surface area contributed by atoms with Gasteiger partial charge in [-0.3, -0.25) is 4.79 Å². The zero-order valence-corrected chi connectivity index (χ0v) is 8.84. The number of nitrogens with one attached hydrogen (secondary N) is 2. The van der Waals surface area contributed by atoms with E-state index in [0.717, 1.165) is 12.8 Å². The maximum atomic E-state index is 11.2. The number of H-pyrrole nitrogens is 1. The van der Waals surface area contributed by atoms with Crippen molar-refractivity contribution < 1.29 is 0 Å². The summed E-state index contributed by atoms with van der Waals surface area (Å²) in [6.45, 7) is 2.64. The van der Waals surface area contributed by atoms with E-state index in [1.165, 1.54) is 12.4 Å². The van der Waals surface area contributed by atoms with Crippen molar-refractivity contribution in [1.82, 2.24) is 9.97 Å². The fraction of sp³-hybridized carbons (Fsp3) is 0.556. The molecule has 0 bridgehead atoms. The average molecular weight is 216 g/mol. The Kier molecular flexibility index (Phi) is 4.46. The Bertz CT molecular complexity index is 326. The van der Waals surface area contributed by atoms with Gasteiger partial charge >= 0.3 is 0 Å². The lowest BCUT2D eigenvalue weighted by Gasteiger charge is -2.08. The summed E-state index contributed by atoms with van der Waals surface area (Å²) in [5, 5.41) is 2.95. The van der Waals surface area contributed by atoms with Gasteiger partial charge in [0.1, 0.15) is 0 Å². The molecule has 0 amide bonds. The van der Waals surface area contributed by atoms with E-state index in [-0.39, 0.29) is 10.9 Å². The van der Waals surface area contributed by atoms with Gasteiger partial charge in [-0.25, -0.2) is 4.98 Å². The average Bonchev–Trinajstić information content (AvgIpc) is 2.17. The van der Waals surface area contributed by atoms with Crippen LogP contribution in [0, 0.1) is 0 Å². The number of hydrogen-bond donors (Lipinski definition) is 2. The van der Waals surface area contributed by atoms with Crippen LogP contribution < -0.4 is 10.9 Å². The molecule has 78 valence electrons. The summed E-state index contributed by atoms with van der Waals surface area (Å²) in [5.41, 5.74) is -0.215. The van der Waals surface area contributed by atoms with Crippen molar-refractivity contribution in [3.63, 3.8) is 0 Å². The van der Waals surface area contributed by atoms with Crippen molar-refractivity contribution in [2.24, 2.45) is 0 Å². The molecule has 1 unspecified atom stereocenters. The zero-order chi connectivity index (χ0) is 10.4. The topological polar surface area (TPSA) is 57.8 Å². The molecule has 0 aliphatic heterocycles. The summed E-state index contributed by atoms with van der Waals surface area (Å²) in [7, 11) is 0. The van der Waals surface area contributed by atoms with Crippen molar-refractivity contribution in [3.05, 3.63) is 22.7 Å². The van der Waals surface area contributed by atoms with E-state index in [9.17, 15) is 4.79 Å². The maximum absolute atomic E-state index is 11.2. The molecule has 1 atom stereocenters. The van der Waals surface area contributed by atoms with E-state index < -0.39 is 0 Å². The molecule has 0 saturated heterocycles. The molecular formula is C9H14ClN3O. The molecule has 0 aliphatic carbocycles. The monoisotopic (exact) mass is 215 g/mol. The first kappa shape index (κ1) is 11.0. The van der Waals surface area contributed by atoms with Gasteiger partial charge in [0.15, 0.2) is 5.82 Å². The first-order valence-corrected chi connectivity index (χ1v) is 5.09. The van der Waals surface area contributed by atoms with Crippen LogP contribution in [-0.2, 0) is 0 Å². The van der Waals surface area contributed by atoms with E-state index >= 15 is 0 Å². The van der Waals surface area contributed by atoms with E-state index in [1.54, 1.807) is 0 Å². The van der Waals surface area contributed by atoms with Gasteiger partial charge in [0.25, 0.3) is 5.56 Å². The maximum Gasteiger partial charge on any atom is 0.290 e. The highest BCUT2D eigenvalue weighted by molar-refractivity contribution is 6.20. The second kappa shape index (κ2) is 5.65. The highest BCUT2D eigenvalue weighted by Gasteiger charge is 2.04. The standard InChI is InChI=1S/C9H14ClN3O/c1-2-3-7(10)6-13-8-9(14)12-5-4-11-8/h4-5,7H,2-3,6H2,1H3,(H,11,13)(H,12,14). The first-order chi connectivity index (χ1) is 6.74. The van der Waals surface area contributed by atoms with E-state index in [2.05, 4.69) is 22.2 Å². The highest BCUT2D eigenvalue weighted by Crippen LogP contribution is 2.05. The van der Waals surface area contributed by atoms with Gasteiger partial charge < -0.3 is 10.3 Å². The van der Waals surface area contributed by atoms with Gasteiger partial charge in [-0.2, -0.15) is 0 Å². The van der Waals surface area contributed by atoms with E-state index in [0.29, 0.717) is 12.4 Å². The second-order valence-electron chi connectivity index (χ2n) is 3.03. The Balaban J connectivity index is 2.46. The zero-order valence-electron chi connectivity index (χ0n) is 8.09. The number of rotatable bonds is 5. The molecule has 0 fully saturated rings. The quantitative estimate of drug-likeness (QED) is 0.734. The summed E-state index contributed by atoms with van der Waals surface area (Å²) >= 11 is 5.98. The summed E-state index contributed by atoms with van der Waals surface area (Å²) in [6.07, 6.45) is 5.00. The predicted octanol–water partition coefficient (Wildman–Crippen LogP) is 1.59. The Morgan fingerprint density at radius 3 is 3.14 bits per heavy atom. The molecule has 0 radical (unpaired) electrons. The van der Waals surface area contributed by atoms with Gasteiger partial charge in [0.05, 0.1) is 5.38 Å². The van der Waals surface area contributed by atoms with Crippen molar-refractivity contribution >= 4 is 17.4 Å². The van der Waals surface area contributed by atoms with Crippen LogP contribution in [0.3, 0.4) is 0 Å². The molecule has 2 N–H and O–H groups in total. The number of nitrogens with zero attached hydrogens (tertiary/aromatic N) is 1. The van der Waals surface area contributed by atoms with Crippen molar-refractivity contribution in [1.29, 1.82) is 0 Å². The van der Waals surface area contributed by atoms with Crippen molar-refractivity contribution in [2.75, 3.05) is 11.9 Å². The minimum absolute atomic E-state index is 0.0430. The number of anilines is 1. The first-order valence-electron chi connectivity index (χ1n) is 4.65. The third-order valence-corrected chi connectivity index (χ3v) is 2.17. The van der Waals surface area contributed by atoms with Crippen LogP contribution in [0.15, 0.2) is 17.2 Å². The lowest BCUT2D eigenvalue weighted by molar-refractivity contribution is 0.749. The Hall–Kier alpha value is -1.03. The lowest BCUT2D eigenvalue weighted by Crippen LogP contribution is -2.21. The van der Waals surface area contributed by atoms with Crippen LogP contribution in [-0.4, -0.2) is 21.9 Å². The molecule has 0 spiro atoms. The van der Waals surface area contributed by atoms with Crippen LogP contribution in [0.5, 0.6) is 0 Å². The number of hydrogen-bond acceptors (Lipinski definition) is 3. The Morgan fingerprint density at radius 2 is 2.50 bits per heavy atom. The molecule has 0 aromatic carbocycles. The Labute approximate surface area is 87.7 Å². The summed E-state index contributed by atoms with van der Waals surface area (Å²) in [5.74, 6) is 0.328. The number of alkyl halides is 1. The SMILES string of the molecule is CCCC(Cl)CNc1ncc[nH]c1=O. The van der Waals surface area contributed by atoms with Gasteiger partial charge in [-0.15, -0.1) is 11.6 Å². The summed E-state index contributed by atoms with van der Waals surface area (Å²) in [6, 6.07) is 0. The smallest absolute Gasteiger partial charge is 0.290 e. The van der Waals surface area contributed by atoms with Crippen LogP contribution in [0.4, 0.5) is 5.82 Å². The van der Waals surface area contributed by atoms with Gasteiger partial charge in [0.2, 0.25) is 0 Å². The highest BCUT2D eigenvalue weighted by atomic mass is 35.5. The fourth-order valence-electron chi connectivity index (χ4n) is 1.10. The molecule has 1 rings (SSSR count). The fourth-order valence-corrected chi connectivity index (χ4v) is 1.40. The second-order valence-corrected chi connectivity index (χ2v) is 3.65. The number of halogens is 1. The molecular weight excluding hydrogens is 202 g/mol. The van der Waals surface area contributed by atoms with Crippen LogP contribution >= 0.6 is 11.6 Å². The van der Waals surface area contributed by atoms with Crippen molar-refractivity contribution in [2.45, 2.75) is 25.1 Å². The third-order valence-electron chi connectivity index (χ3n) is 1.80. The lowest BCUT2D eigenvalue weighted by atomic mass is 10.2. The van der Waals surface area contributed by atoms with Gasteiger partial charge in [-0.05, 0) is 6.42 Å². The number of aromatic amines is 1. The predicted molar refractivity (Wildman–Crippen MR) is 57.9 cm³/mol. The molecule has 1 heterocycles. The molecule has 4 nitrogen and oxygen atoms in total. The van der Waals surface area contributed by atoms with Crippen LogP contribution in [0.25, 0.3) is 0 Å². The molecule has 5 heteroatoms. The summed E-state index contributed by atoms with van der Waals surface area (Å²) in [4.78, 5) is 17.6. The summed E-state index contributed by atoms with van der Waals surface area (Å²) < 4.78 is 0. The molecule has 0 saturated carbocycles. The largest absolute Gasteiger partial charge is 0.364 e. The third kappa shape index (κ3) is 3.38. The van der Waals surface area contributed by atoms with E-state index in [1.807, 2.05) is 0 Å². The molecule has 14 heavy (non-hydrogen) atoms. The minimum Gasteiger partial charge on any atom is -0.364 e. The van der Waals surface area contributed by atoms with Gasteiger partial charge in [0, 0.05) is 18.9 Å². The Morgan fingerprint density at radius 1 is 1.71 bits per heavy atom.